The van der Waals surface area contributed by atoms with Crippen LogP contribution in [0.5, 0.6) is 5.75 Å². The molecule has 1 atom stereocenters. The maximum atomic E-state index is 13.4. The number of aliphatic hydroxyl groups is 1. The fourth-order valence-corrected chi connectivity index (χ4v) is 1.85. The third-order valence-corrected chi connectivity index (χ3v) is 2.84. The topological polar surface area (TPSA) is 41.5 Å². The zero-order valence-electron chi connectivity index (χ0n) is 11.1. The van der Waals surface area contributed by atoms with E-state index in [2.05, 4.69) is 21.2 Å². The molecule has 1 aromatic rings. The molecule has 108 valence electrons. The van der Waals surface area contributed by atoms with Crippen LogP contribution >= 0.6 is 15.9 Å². The number of hydrogen-bond acceptors (Lipinski definition) is 3. The molecule has 0 saturated carbocycles. The van der Waals surface area contributed by atoms with Crippen LogP contribution in [0.1, 0.15) is 20.8 Å². The Bertz CT molecular complexity index is 412. The monoisotopic (exact) mass is 337 g/mol. The van der Waals surface area contributed by atoms with Gasteiger partial charge in [0.2, 0.25) is 0 Å². The average molecular weight is 338 g/mol. The molecule has 6 heteroatoms. The van der Waals surface area contributed by atoms with Crippen molar-refractivity contribution in [3.63, 3.8) is 0 Å². The molecular weight excluding hydrogens is 320 g/mol. The van der Waals surface area contributed by atoms with E-state index in [1.54, 1.807) is 0 Å². The Labute approximate surface area is 120 Å². The first-order chi connectivity index (χ1) is 8.69. The molecule has 0 heterocycles. The van der Waals surface area contributed by atoms with Crippen molar-refractivity contribution in [2.75, 3.05) is 13.2 Å². The van der Waals surface area contributed by atoms with Crippen LogP contribution in [0.2, 0.25) is 0 Å². The van der Waals surface area contributed by atoms with Gasteiger partial charge in [0.05, 0.1) is 4.47 Å². The van der Waals surface area contributed by atoms with Gasteiger partial charge in [0.15, 0.2) is 11.6 Å². The molecule has 0 aromatic heterocycles. The summed E-state index contributed by atoms with van der Waals surface area (Å²) in [7, 11) is 0. The van der Waals surface area contributed by atoms with Crippen LogP contribution in [-0.4, -0.2) is 29.9 Å². The van der Waals surface area contributed by atoms with Gasteiger partial charge in [0.1, 0.15) is 18.5 Å². The summed E-state index contributed by atoms with van der Waals surface area (Å²) in [4.78, 5) is 0. The largest absolute Gasteiger partial charge is 0.487 e. The zero-order chi connectivity index (χ0) is 14.6. The summed E-state index contributed by atoms with van der Waals surface area (Å²) in [6, 6.07) is 1.85. The molecule has 2 N–H and O–H groups in total. The Hall–Kier alpha value is -0.720. The normalized spacial score (nSPS) is 13.4. The SMILES string of the molecule is CC(C)(C)NCC(O)COc1c(F)cc(F)cc1Br. The number of benzene rings is 1. The van der Waals surface area contributed by atoms with Crippen molar-refractivity contribution in [1.82, 2.24) is 5.32 Å². The molecule has 0 spiro atoms. The fraction of sp³-hybridized carbons (Fsp3) is 0.538. The van der Waals surface area contributed by atoms with Crippen LogP contribution in [0.3, 0.4) is 0 Å². The van der Waals surface area contributed by atoms with Crippen molar-refractivity contribution in [3.8, 4) is 5.75 Å². The lowest BCUT2D eigenvalue weighted by Gasteiger charge is -2.23. The van der Waals surface area contributed by atoms with Crippen LogP contribution in [0.4, 0.5) is 8.78 Å². The minimum absolute atomic E-state index is 0.0791. The lowest BCUT2D eigenvalue weighted by Crippen LogP contribution is -2.42. The van der Waals surface area contributed by atoms with Crippen LogP contribution in [0.25, 0.3) is 0 Å². The number of nitrogens with one attached hydrogen (secondary N) is 1. The smallest absolute Gasteiger partial charge is 0.169 e. The lowest BCUT2D eigenvalue weighted by atomic mass is 10.1. The highest BCUT2D eigenvalue weighted by Gasteiger charge is 2.15. The number of hydrogen-bond donors (Lipinski definition) is 2. The predicted molar refractivity (Wildman–Crippen MR) is 73.3 cm³/mol. The van der Waals surface area contributed by atoms with Crippen LogP contribution in [-0.2, 0) is 0 Å². The van der Waals surface area contributed by atoms with Gasteiger partial charge >= 0.3 is 0 Å². The summed E-state index contributed by atoms with van der Waals surface area (Å²) in [5.74, 6) is -1.59. The summed E-state index contributed by atoms with van der Waals surface area (Å²) in [5, 5.41) is 12.8. The summed E-state index contributed by atoms with van der Waals surface area (Å²) in [5.41, 5.74) is -0.122. The second kappa shape index (κ2) is 6.63. The fourth-order valence-electron chi connectivity index (χ4n) is 1.33. The Morgan fingerprint density at radius 1 is 1.37 bits per heavy atom. The molecule has 0 aliphatic carbocycles. The van der Waals surface area contributed by atoms with E-state index in [-0.39, 0.29) is 22.4 Å². The van der Waals surface area contributed by atoms with E-state index >= 15 is 0 Å². The third-order valence-electron chi connectivity index (χ3n) is 2.25. The molecule has 0 bridgehead atoms. The van der Waals surface area contributed by atoms with Crippen molar-refractivity contribution in [1.29, 1.82) is 0 Å². The average Bonchev–Trinajstić information content (AvgIpc) is 2.23. The van der Waals surface area contributed by atoms with E-state index in [0.717, 1.165) is 12.1 Å². The van der Waals surface area contributed by atoms with Gasteiger partial charge in [-0.1, -0.05) is 0 Å². The van der Waals surface area contributed by atoms with Crippen molar-refractivity contribution in [2.24, 2.45) is 0 Å². The van der Waals surface area contributed by atoms with Crippen LogP contribution in [0.15, 0.2) is 16.6 Å². The second-order valence-corrected chi connectivity index (χ2v) is 6.15. The van der Waals surface area contributed by atoms with Gasteiger partial charge in [-0.3, -0.25) is 0 Å². The Balaban J connectivity index is 2.53. The molecular formula is C13H18BrF2NO2. The maximum Gasteiger partial charge on any atom is 0.169 e. The first-order valence-corrected chi connectivity index (χ1v) is 6.69. The molecule has 1 unspecified atom stereocenters. The van der Waals surface area contributed by atoms with Gasteiger partial charge in [-0.05, 0) is 42.8 Å². The Morgan fingerprint density at radius 2 is 2.00 bits per heavy atom. The minimum Gasteiger partial charge on any atom is -0.487 e. The molecule has 0 aliphatic rings. The number of β-amino-alcohol motifs (C(OH)–C–C–N with tert-alkyl or cyclic N) is 1. The number of halogens is 3. The molecule has 1 aromatic carbocycles. The number of aliphatic hydroxyl groups excluding tert-OH is 1. The quantitative estimate of drug-likeness (QED) is 0.868. The van der Waals surface area contributed by atoms with Gasteiger partial charge in [0, 0.05) is 18.2 Å². The van der Waals surface area contributed by atoms with Crippen molar-refractivity contribution in [2.45, 2.75) is 32.4 Å². The molecule has 1 rings (SSSR count). The first kappa shape index (κ1) is 16.3. The highest BCUT2D eigenvalue weighted by Crippen LogP contribution is 2.29. The van der Waals surface area contributed by atoms with E-state index < -0.39 is 17.7 Å². The van der Waals surface area contributed by atoms with Gasteiger partial charge in [-0.25, -0.2) is 8.78 Å². The van der Waals surface area contributed by atoms with E-state index in [9.17, 15) is 13.9 Å². The van der Waals surface area contributed by atoms with Crippen molar-refractivity contribution < 1.29 is 18.6 Å². The third kappa shape index (κ3) is 5.84. The summed E-state index contributed by atoms with van der Waals surface area (Å²) < 4.78 is 31.7. The second-order valence-electron chi connectivity index (χ2n) is 5.29. The lowest BCUT2D eigenvalue weighted by molar-refractivity contribution is 0.0975. The van der Waals surface area contributed by atoms with Gasteiger partial charge in [-0.2, -0.15) is 0 Å². The molecule has 0 saturated heterocycles. The molecule has 0 amide bonds. The van der Waals surface area contributed by atoms with E-state index in [4.69, 9.17) is 4.74 Å². The zero-order valence-corrected chi connectivity index (χ0v) is 12.7. The van der Waals surface area contributed by atoms with Gasteiger partial charge < -0.3 is 15.2 Å². The Morgan fingerprint density at radius 3 is 2.53 bits per heavy atom. The summed E-state index contributed by atoms with van der Waals surface area (Å²) in [6.07, 6.45) is -0.782. The molecule has 0 radical (unpaired) electrons. The summed E-state index contributed by atoms with van der Waals surface area (Å²) >= 11 is 3.02. The summed E-state index contributed by atoms with van der Waals surface area (Å²) in [6.45, 7) is 6.15. The van der Waals surface area contributed by atoms with E-state index in [0.29, 0.717) is 6.54 Å². The Kier molecular flexibility index (Phi) is 5.70. The molecule has 3 nitrogen and oxygen atoms in total. The van der Waals surface area contributed by atoms with E-state index in [1.807, 2.05) is 20.8 Å². The first-order valence-electron chi connectivity index (χ1n) is 5.89. The number of rotatable bonds is 5. The van der Waals surface area contributed by atoms with Crippen molar-refractivity contribution >= 4 is 15.9 Å². The molecule has 0 aliphatic heterocycles. The standard InChI is InChI=1S/C13H18BrF2NO2/c1-13(2,3)17-6-9(18)7-19-12-10(14)4-8(15)5-11(12)16/h4-5,9,17-18H,6-7H2,1-3H3. The van der Waals surface area contributed by atoms with Crippen molar-refractivity contribution in [3.05, 3.63) is 28.2 Å². The maximum absolute atomic E-state index is 13.4. The molecule has 0 fully saturated rings. The van der Waals surface area contributed by atoms with Gasteiger partial charge in [0.25, 0.3) is 0 Å². The highest BCUT2D eigenvalue weighted by molar-refractivity contribution is 9.10. The minimum atomic E-state index is -0.803. The number of ether oxygens (including phenoxy) is 1. The highest BCUT2D eigenvalue weighted by atomic mass is 79.9. The van der Waals surface area contributed by atoms with Crippen LogP contribution in [0, 0.1) is 11.6 Å². The van der Waals surface area contributed by atoms with Gasteiger partial charge in [-0.15, -0.1) is 0 Å². The van der Waals surface area contributed by atoms with E-state index in [1.165, 1.54) is 0 Å². The van der Waals surface area contributed by atoms with Crippen LogP contribution < -0.4 is 10.1 Å². The predicted octanol–water partition coefficient (Wildman–Crippen LogP) is 2.86. The molecule has 19 heavy (non-hydrogen) atoms.